The Morgan fingerprint density at radius 2 is 1.74 bits per heavy atom. The highest BCUT2D eigenvalue weighted by Crippen LogP contribution is 2.53. The van der Waals surface area contributed by atoms with Crippen molar-refractivity contribution in [2.45, 2.75) is 57.8 Å². The summed E-state index contributed by atoms with van der Waals surface area (Å²) in [6, 6.07) is 19.1. The van der Waals surface area contributed by atoms with E-state index in [2.05, 4.69) is 80.3 Å². The lowest BCUT2D eigenvalue weighted by atomic mass is 9.70. The van der Waals surface area contributed by atoms with Crippen LogP contribution in [0.1, 0.15) is 69.1 Å². The maximum absolute atomic E-state index is 12.7. The van der Waals surface area contributed by atoms with Gasteiger partial charge in [0.05, 0.1) is 12.2 Å². The highest BCUT2D eigenvalue weighted by atomic mass is 16.6. The summed E-state index contributed by atoms with van der Waals surface area (Å²) in [6.45, 7) is 5.44. The third-order valence-electron chi connectivity index (χ3n) is 6.27. The maximum atomic E-state index is 12.7. The molecule has 0 bridgehead atoms. The first kappa shape index (κ1) is 21.2. The third-order valence-corrected chi connectivity index (χ3v) is 6.27. The summed E-state index contributed by atoms with van der Waals surface area (Å²) in [7, 11) is 0. The summed E-state index contributed by atoms with van der Waals surface area (Å²) in [5.74, 6) is 7.26. The van der Waals surface area contributed by atoms with Gasteiger partial charge in [-0.05, 0) is 36.0 Å². The van der Waals surface area contributed by atoms with Gasteiger partial charge in [0.25, 0.3) is 0 Å². The lowest BCUT2D eigenvalue weighted by Crippen LogP contribution is -2.28. The summed E-state index contributed by atoms with van der Waals surface area (Å²) in [4.78, 5) is 14.5. The van der Waals surface area contributed by atoms with Crippen LogP contribution in [0.4, 0.5) is 4.79 Å². The van der Waals surface area contributed by atoms with Crippen LogP contribution in [0.25, 0.3) is 5.70 Å². The average Bonchev–Trinajstić information content (AvgIpc) is 3.35. The molecule has 4 rings (SSSR count). The van der Waals surface area contributed by atoms with E-state index in [4.69, 9.17) is 4.74 Å². The monoisotopic (exact) mass is 413 g/mol. The second-order valence-corrected chi connectivity index (χ2v) is 8.26. The van der Waals surface area contributed by atoms with E-state index >= 15 is 0 Å². The number of hydrogen-bond acceptors (Lipinski definition) is 2. The molecule has 2 aromatic carbocycles. The smallest absolute Gasteiger partial charge is 0.414 e. The van der Waals surface area contributed by atoms with Crippen LogP contribution >= 0.6 is 0 Å². The molecule has 2 aliphatic rings. The predicted molar refractivity (Wildman–Crippen MR) is 125 cm³/mol. The minimum Gasteiger partial charge on any atom is -0.447 e. The lowest BCUT2D eigenvalue weighted by molar-refractivity contribution is 0.167. The van der Waals surface area contributed by atoms with E-state index in [0.29, 0.717) is 13.2 Å². The largest absolute Gasteiger partial charge is 0.447 e. The van der Waals surface area contributed by atoms with Crippen molar-refractivity contribution in [3.63, 3.8) is 0 Å². The maximum Gasteiger partial charge on any atom is 0.414 e. The predicted octanol–water partition coefficient (Wildman–Crippen LogP) is 6.53. The van der Waals surface area contributed by atoms with E-state index in [9.17, 15) is 4.79 Å². The van der Waals surface area contributed by atoms with Crippen LogP contribution in [0, 0.1) is 11.8 Å². The van der Waals surface area contributed by atoms with Gasteiger partial charge >= 0.3 is 6.09 Å². The van der Waals surface area contributed by atoms with Crippen LogP contribution in [-0.4, -0.2) is 24.1 Å². The molecular formula is C28H31NO2. The SMILES string of the molecule is CCCCC#CC1(c2ccccc2)C(CCCC)=C(N2CCOC2=O)c2ccccc21. The Hall–Kier alpha value is -2.99. The summed E-state index contributed by atoms with van der Waals surface area (Å²) < 4.78 is 5.35. The van der Waals surface area contributed by atoms with Gasteiger partial charge in [0.1, 0.15) is 12.0 Å². The fourth-order valence-corrected chi connectivity index (χ4v) is 4.78. The number of ether oxygens (including phenoxy) is 1. The number of allylic oxidation sites excluding steroid dienone is 1. The number of fused-ring (bicyclic) bond motifs is 1. The zero-order valence-corrected chi connectivity index (χ0v) is 18.6. The zero-order valence-electron chi connectivity index (χ0n) is 18.6. The van der Waals surface area contributed by atoms with Gasteiger partial charge in [0.2, 0.25) is 0 Å². The van der Waals surface area contributed by atoms with E-state index in [1.54, 1.807) is 0 Å². The van der Waals surface area contributed by atoms with Crippen molar-refractivity contribution in [2.75, 3.05) is 13.2 Å². The number of benzene rings is 2. The minimum atomic E-state index is -0.529. The molecule has 1 amide bonds. The Morgan fingerprint density at radius 3 is 2.45 bits per heavy atom. The van der Waals surface area contributed by atoms with Crippen molar-refractivity contribution in [1.82, 2.24) is 4.90 Å². The Labute approximate surface area is 186 Å². The molecule has 0 aromatic heterocycles. The Bertz CT molecular complexity index is 1030. The summed E-state index contributed by atoms with van der Waals surface area (Å²) in [5, 5.41) is 0. The molecule has 0 saturated carbocycles. The second-order valence-electron chi connectivity index (χ2n) is 8.26. The van der Waals surface area contributed by atoms with Gasteiger partial charge in [0.15, 0.2) is 0 Å². The third kappa shape index (κ3) is 3.76. The van der Waals surface area contributed by atoms with Gasteiger partial charge in [-0.3, -0.25) is 4.90 Å². The average molecular weight is 414 g/mol. The highest BCUT2D eigenvalue weighted by molar-refractivity contribution is 5.92. The number of nitrogens with zero attached hydrogens (tertiary/aromatic N) is 1. The van der Waals surface area contributed by atoms with E-state index in [1.165, 1.54) is 16.7 Å². The highest BCUT2D eigenvalue weighted by Gasteiger charge is 2.48. The molecule has 0 spiro atoms. The van der Waals surface area contributed by atoms with Crippen LogP contribution < -0.4 is 0 Å². The molecule has 1 atom stereocenters. The number of carbonyl (C=O) groups is 1. The quantitative estimate of drug-likeness (QED) is 0.381. The van der Waals surface area contributed by atoms with E-state index in [-0.39, 0.29) is 6.09 Å². The fraction of sp³-hybridized carbons (Fsp3) is 0.393. The summed E-state index contributed by atoms with van der Waals surface area (Å²) in [5.41, 5.74) is 5.20. The number of rotatable bonds is 7. The van der Waals surface area contributed by atoms with E-state index < -0.39 is 5.41 Å². The fourth-order valence-electron chi connectivity index (χ4n) is 4.78. The number of hydrogen-bond donors (Lipinski definition) is 0. The Kier molecular flexibility index (Phi) is 6.47. The molecule has 3 heteroatoms. The van der Waals surface area contributed by atoms with Crippen LogP contribution in [0.2, 0.25) is 0 Å². The molecule has 1 saturated heterocycles. The van der Waals surface area contributed by atoms with Gasteiger partial charge in [-0.1, -0.05) is 87.2 Å². The van der Waals surface area contributed by atoms with Gasteiger partial charge in [-0.15, -0.1) is 5.92 Å². The van der Waals surface area contributed by atoms with Crippen molar-refractivity contribution in [3.8, 4) is 11.8 Å². The molecule has 160 valence electrons. The molecule has 1 aliphatic heterocycles. The van der Waals surface area contributed by atoms with Crippen molar-refractivity contribution >= 4 is 11.8 Å². The van der Waals surface area contributed by atoms with E-state index in [0.717, 1.165) is 49.8 Å². The summed E-state index contributed by atoms with van der Waals surface area (Å²) in [6.07, 6.45) is 5.91. The van der Waals surface area contributed by atoms with Crippen molar-refractivity contribution in [3.05, 3.63) is 76.9 Å². The van der Waals surface area contributed by atoms with Crippen LogP contribution in [0.3, 0.4) is 0 Å². The number of cyclic esters (lactones) is 1. The second kappa shape index (κ2) is 9.43. The molecule has 31 heavy (non-hydrogen) atoms. The molecule has 1 heterocycles. The van der Waals surface area contributed by atoms with Crippen molar-refractivity contribution < 1.29 is 9.53 Å². The van der Waals surface area contributed by atoms with Crippen molar-refractivity contribution in [1.29, 1.82) is 0 Å². The molecular weight excluding hydrogens is 382 g/mol. The molecule has 1 fully saturated rings. The summed E-state index contributed by atoms with van der Waals surface area (Å²) >= 11 is 0. The molecule has 1 unspecified atom stereocenters. The Balaban J connectivity index is 2.01. The molecule has 0 radical (unpaired) electrons. The van der Waals surface area contributed by atoms with Gasteiger partial charge < -0.3 is 4.74 Å². The molecule has 2 aromatic rings. The first-order chi connectivity index (χ1) is 15.2. The minimum absolute atomic E-state index is 0.249. The molecule has 0 N–H and O–H groups in total. The van der Waals surface area contributed by atoms with Gasteiger partial charge in [-0.2, -0.15) is 0 Å². The lowest BCUT2D eigenvalue weighted by Gasteiger charge is -2.30. The zero-order chi connectivity index (χ0) is 21.7. The van der Waals surface area contributed by atoms with Gasteiger partial charge in [-0.25, -0.2) is 4.79 Å². The molecule has 3 nitrogen and oxygen atoms in total. The van der Waals surface area contributed by atoms with Crippen LogP contribution in [-0.2, 0) is 10.2 Å². The first-order valence-corrected chi connectivity index (χ1v) is 11.6. The first-order valence-electron chi connectivity index (χ1n) is 11.6. The number of carbonyl (C=O) groups excluding carboxylic acids is 1. The van der Waals surface area contributed by atoms with Crippen molar-refractivity contribution in [2.24, 2.45) is 0 Å². The number of amides is 1. The van der Waals surface area contributed by atoms with Gasteiger partial charge in [0, 0.05) is 12.0 Å². The topological polar surface area (TPSA) is 29.5 Å². The Morgan fingerprint density at radius 1 is 1.00 bits per heavy atom. The van der Waals surface area contributed by atoms with Crippen LogP contribution in [0.15, 0.2) is 60.2 Å². The number of unbranched alkanes of at least 4 members (excludes halogenated alkanes) is 3. The molecule has 1 aliphatic carbocycles. The van der Waals surface area contributed by atoms with E-state index in [1.807, 2.05) is 4.90 Å². The normalized spacial score (nSPS) is 19.8. The standard InChI is InChI=1S/C28H31NO2/c1-3-5-7-13-19-28(22-14-9-8-10-15-22)24-18-12-11-16-23(24)26(25(28)17-6-4-2)29-20-21-31-27(29)30/h8-12,14-16,18H,3-7,17,20-21H2,1-2H3. The van der Waals surface area contributed by atoms with Crippen LogP contribution in [0.5, 0.6) is 0 Å².